The summed E-state index contributed by atoms with van der Waals surface area (Å²) in [6.07, 6.45) is 3.59. The van der Waals surface area contributed by atoms with Crippen LogP contribution in [-0.2, 0) is 11.3 Å². The lowest BCUT2D eigenvalue weighted by Crippen LogP contribution is -2.62. The van der Waals surface area contributed by atoms with Crippen LogP contribution < -0.4 is 4.90 Å². The summed E-state index contributed by atoms with van der Waals surface area (Å²) in [5, 5.41) is 4.12. The lowest BCUT2D eigenvalue weighted by molar-refractivity contribution is -0.127. The predicted octanol–water partition coefficient (Wildman–Crippen LogP) is 5.19. The van der Waals surface area contributed by atoms with Gasteiger partial charge in [-0.2, -0.15) is 4.98 Å². The third-order valence-electron chi connectivity index (χ3n) is 6.94. The zero-order valence-electron chi connectivity index (χ0n) is 19.2. The van der Waals surface area contributed by atoms with E-state index < -0.39 is 0 Å². The van der Waals surface area contributed by atoms with Crippen molar-refractivity contribution in [3.8, 4) is 11.4 Å². The number of amides is 3. The molecule has 0 radical (unpaired) electrons. The van der Waals surface area contributed by atoms with Gasteiger partial charge < -0.3 is 9.42 Å². The summed E-state index contributed by atoms with van der Waals surface area (Å²) >= 11 is 0. The highest BCUT2D eigenvalue weighted by atomic mass is 16.5. The maximum Gasteiger partial charge on any atom is 0.332 e. The van der Waals surface area contributed by atoms with Crippen LogP contribution in [0.4, 0.5) is 10.5 Å². The lowest BCUT2D eigenvalue weighted by Gasteiger charge is -2.46. The molecule has 5 rings (SSSR count). The Morgan fingerprint density at radius 3 is 2.48 bits per heavy atom. The molecule has 2 atom stereocenters. The highest BCUT2D eigenvalue weighted by molar-refractivity contribution is 6.17. The fourth-order valence-electron chi connectivity index (χ4n) is 4.87. The SMILES string of the molecule is Cc1ccc(-c2noc(CN3C(=O)N(c4ccc(C)c(C)c4)C(=O)C4CCCCC43)n2)cc1. The first kappa shape index (κ1) is 21.4. The number of rotatable bonds is 4. The second-order valence-electron chi connectivity index (χ2n) is 9.19. The molecule has 0 N–H and O–H groups in total. The number of carbonyl (C=O) groups is 2. The van der Waals surface area contributed by atoms with Gasteiger partial charge in [-0.1, -0.05) is 53.9 Å². The van der Waals surface area contributed by atoms with Gasteiger partial charge in [0.15, 0.2) is 0 Å². The number of fused-ring (bicyclic) bond motifs is 1. The monoisotopic (exact) mass is 444 g/mol. The number of aryl methyl sites for hydroxylation is 3. The maximum absolute atomic E-state index is 13.6. The smallest absolute Gasteiger partial charge is 0.332 e. The molecule has 7 nitrogen and oxygen atoms in total. The topological polar surface area (TPSA) is 79.5 Å². The minimum atomic E-state index is -0.318. The predicted molar refractivity (Wildman–Crippen MR) is 125 cm³/mol. The molecule has 170 valence electrons. The van der Waals surface area contributed by atoms with Gasteiger partial charge in [0, 0.05) is 11.6 Å². The minimum absolute atomic E-state index is 0.102. The Hall–Kier alpha value is -3.48. The van der Waals surface area contributed by atoms with Crippen LogP contribution in [0.25, 0.3) is 11.4 Å². The van der Waals surface area contributed by atoms with Crippen molar-refractivity contribution in [2.24, 2.45) is 5.92 Å². The maximum atomic E-state index is 13.6. The Labute approximate surface area is 193 Å². The molecule has 2 aliphatic rings. The second kappa shape index (κ2) is 8.46. The van der Waals surface area contributed by atoms with Crippen molar-refractivity contribution < 1.29 is 14.1 Å². The molecular formula is C26H28N4O3. The number of urea groups is 1. The van der Waals surface area contributed by atoms with Gasteiger partial charge in [0.2, 0.25) is 17.6 Å². The van der Waals surface area contributed by atoms with Crippen LogP contribution in [0.3, 0.4) is 0 Å². The number of imide groups is 1. The van der Waals surface area contributed by atoms with Crippen molar-refractivity contribution in [1.29, 1.82) is 0 Å². The van der Waals surface area contributed by atoms with Crippen LogP contribution in [0.2, 0.25) is 0 Å². The molecule has 7 heteroatoms. The molecule has 33 heavy (non-hydrogen) atoms. The molecule has 1 aliphatic heterocycles. The van der Waals surface area contributed by atoms with Gasteiger partial charge in [0.25, 0.3) is 0 Å². The van der Waals surface area contributed by atoms with Gasteiger partial charge in [-0.05, 0) is 56.9 Å². The van der Waals surface area contributed by atoms with E-state index in [1.165, 1.54) is 4.90 Å². The van der Waals surface area contributed by atoms with Crippen LogP contribution in [0.5, 0.6) is 0 Å². The Bertz CT molecular complexity index is 1200. The van der Waals surface area contributed by atoms with Crippen molar-refractivity contribution in [2.75, 3.05) is 4.90 Å². The fourth-order valence-corrected chi connectivity index (χ4v) is 4.87. The summed E-state index contributed by atoms with van der Waals surface area (Å²) in [7, 11) is 0. The molecule has 1 aliphatic carbocycles. The molecule has 1 aromatic heterocycles. The van der Waals surface area contributed by atoms with Crippen molar-refractivity contribution in [3.05, 3.63) is 65.0 Å². The van der Waals surface area contributed by atoms with Crippen molar-refractivity contribution in [2.45, 2.75) is 59.0 Å². The van der Waals surface area contributed by atoms with E-state index in [1.807, 2.05) is 63.2 Å². The van der Waals surface area contributed by atoms with Gasteiger partial charge in [0.05, 0.1) is 11.6 Å². The number of anilines is 1. The van der Waals surface area contributed by atoms with Gasteiger partial charge in [-0.3, -0.25) is 4.79 Å². The Balaban J connectivity index is 1.46. The first-order valence-corrected chi connectivity index (χ1v) is 11.5. The quantitative estimate of drug-likeness (QED) is 0.553. The van der Waals surface area contributed by atoms with Crippen LogP contribution in [0.1, 0.15) is 48.3 Å². The lowest BCUT2D eigenvalue weighted by atomic mass is 9.81. The standard InChI is InChI=1S/C26H28N4O3/c1-16-8-11-19(12-9-16)24-27-23(33-28-24)15-29-22-7-5-4-6-21(22)25(31)30(26(29)32)20-13-10-17(2)18(3)14-20/h8-14,21-22H,4-7,15H2,1-3H3. The normalized spacial score (nSPS) is 20.8. The molecule has 2 aromatic carbocycles. The molecular weight excluding hydrogens is 416 g/mol. The first-order valence-electron chi connectivity index (χ1n) is 11.5. The number of aromatic nitrogens is 2. The van der Waals surface area contributed by atoms with Crippen LogP contribution >= 0.6 is 0 Å². The third kappa shape index (κ3) is 3.92. The summed E-state index contributed by atoms with van der Waals surface area (Å²) < 4.78 is 5.52. The van der Waals surface area contributed by atoms with E-state index in [0.29, 0.717) is 17.4 Å². The second-order valence-corrected chi connectivity index (χ2v) is 9.19. The Morgan fingerprint density at radius 1 is 0.970 bits per heavy atom. The van der Waals surface area contributed by atoms with E-state index in [2.05, 4.69) is 10.1 Å². The van der Waals surface area contributed by atoms with E-state index >= 15 is 0 Å². The molecule has 1 saturated heterocycles. The Morgan fingerprint density at radius 2 is 1.73 bits per heavy atom. The average molecular weight is 445 g/mol. The largest absolute Gasteiger partial charge is 0.337 e. The van der Waals surface area contributed by atoms with E-state index in [1.54, 1.807) is 4.90 Å². The van der Waals surface area contributed by atoms with Crippen LogP contribution in [0, 0.1) is 26.7 Å². The Kier molecular flexibility index (Phi) is 5.48. The highest BCUT2D eigenvalue weighted by Gasteiger charge is 2.48. The molecule has 3 aromatic rings. The summed E-state index contributed by atoms with van der Waals surface area (Å²) in [5.74, 6) is 0.557. The van der Waals surface area contributed by atoms with Gasteiger partial charge in [-0.25, -0.2) is 9.69 Å². The average Bonchev–Trinajstić information content (AvgIpc) is 3.28. The van der Waals surface area contributed by atoms with E-state index in [0.717, 1.165) is 47.9 Å². The fraction of sp³-hybridized carbons (Fsp3) is 0.385. The summed E-state index contributed by atoms with van der Waals surface area (Å²) in [6, 6.07) is 13.2. The van der Waals surface area contributed by atoms with E-state index in [9.17, 15) is 9.59 Å². The number of hydrogen-bond acceptors (Lipinski definition) is 5. The van der Waals surface area contributed by atoms with Gasteiger partial charge >= 0.3 is 6.03 Å². The highest BCUT2D eigenvalue weighted by Crippen LogP contribution is 2.37. The first-order chi connectivity index (χ1) is 15.9. The zero-order chi connectivity index (χ0) is 23.1. The van der Waals surface area contributed by atoms with Crippen LogP contribution in [-0.4, -0.2) is 33.0 Å². The molecule has 3 amide bonds. The minimum Gasteiger partial charge on any atom is -0.337 e. The molecule has 2 heterocycles. The molecule has 1 saturated carbocycles. The number of benzene rings is 2. The molecule has 0 spiro atoms. The summed E-state index contributed by atoms with van der Waals surface area (Å²) in [5.41, 5.74) is 4.81. The summed E-state index contributed by atoms with van der Waals surface area (Å²) in [6.45, 7) is 6.22. The molecule has 2 fully saturated rings. The number of nitrogens with zero attached hydrogens (tertiary/aromatic N) is 4. The summed E-state index contributed by atoms with van der Waals surface area (Å²) in [4.78, 5) is 34.7. The van der Waals surface area contributed by atoms with E-state index in [-0.39, 0.29) is 30.4 Å². The van der Waals surface area contributed by atoms with Crippen LogP contribution in [0.15, 0.2) is 47.0 Å². The van der Waals surface area contributed by atoms with Crippen molar-refractivity contribution >= 4 is 17.6 Å². The third-order valence-corrected chi connectivity index (χ3v) is 6.94. The van der Waals surface area contributed by atoms with Crippen molar-refractivity contribution in [3.63, 3.8) is 0 Å². The zero-order valence-corrected chi connectivity index (χ0v) is 19.2. The molecule has 0 bridgehead atoms. The number of carbonyl (C=O) groups excluding carboxylic acids is 2. The van der Waals surface area contributed by atoms with Gasteiger partial charge in [0.1, 0.15) is 6.54 Å². The molecule has 2 unspecified atom stereocenters. The van der Waals surface area contributed by atoms with Crippen molar-refractivity contribution in [1.82, 2.24) is 15.0 Å². The number of hydrogen-bond donors (Lipinski definition) is 0. The van der Waals surface area contributed by atoms with Gasteiger partial charge in [-0.15, -0.1) is 0 Å². The van der Waals surface area contributed by atoms with E-state index in [4.69, 9.17) is 4.52 Å².